The Labute approximate surface area is 149 Å². The van der Waals surface area contributed by atoms with Gasteiger partial charge in [-0.2, -0.15) is 5.26 Å². The van der Waals surface area contributed by atoms with Gasteiger partial charge >= 0.3 is 0 Å². The Bertz CT molecular complexity index is 518. The molecule has 0 radical (unpaired) electrons. The number of carbonyl (C=O) groups is 1. The first-order valence-electron chi connectivity index (χ1n) is 9.16. The lowest BCUT2D eigenvalue weighted by atomic mass is 9.48. The first kappa shape index (κ1) is 17.6. The fourth-order valence-corrected chi connectivity index (χ4v) is 6.28. The second kappa shape index (κ2) is 7.35. The Morgan fingerprint density at radius 1 is 1.29 bits per heavy atom. The SMILES string of the molecule is CCN=C(NC#N)SCC(=O)NC(C)C12CC3CC(CC(C3)C1)C2. The third-order valence-corrected chi connectivity index (χ3v) is 7.10. The predicted molar refractivity (Wildman–Crippen MR) is 97.4 cm³/mol. The van der Waals surface area contributed by atoms with Gasteiger partial charge in [-0.25, -0.2) is 0 Å². The predicted octanol–water partition coefficient (Wildman–Crippen LogP) is 2.89. The van der Waals surface area contributed by atoms with Crippen molar-refractivity contribution in [2.75, 3.05) is 12.3 Å². The summed E-state index contributed by atoms with van der Waals surface area (Å²) in [4.78, 5) is 16.5. The molecule has 2 N–H and O–H groups in total. The van der Waals surface area contributed by atoms with E-state index in [1.165, 1.54) is 50.3 Å². The molecule has 24 heavy (non-hydrogen) atoms. The lowest BCUT2D eigenvalue weighted by Crippen LogP contribution is -2.56. The number of nitrogens with zero attached hydrogens (tertiary/aromatic N) is 2. The average Bonchev–Trinajstić information content (AvgIpc) is 2.51. The van der Waals surface area contributed by atoms with E-state index in [1.54, 1.807) is 0 Å². The topological polar surface area (TPSA) is 77.3 Å². The number of amidine groups is 1. The third-order valence-electron chi connectivity index (χ3n) is 6.19. The minimum Gasteiger partial charge on any atom is -0.352 e. The van der Waals surface area contributed by atoms with Gasteiger partial charge in [0.05, 0.1) is 5.75 Å². The van der Waals surface area contributed by atoms with Gasteiger partial charge in [0, 0.05) is 12.6 Å². The van der Waals surface area contributed by atoms with Crippen LogP contribution in [0.4, 0.5) is 0 Å². The number of hydrogen-bond acceptors (Lipinski definition) is 4. The van der Waals surface area contributed by atoms with Gasteiger partial charge < -0.3 is 5.32 Å². The van der Waals surface area contributed by atoms with E-state index in [1.807, 2.05) is 13.1 Å². The average molecular weight is 349 g/mol. The highest BCUT2D eigenvalue weighted by molar-refractivity contribution is 8.14. The fourth-order valence-electron chi connectivity index (χ4n) is 5.59. The number of thioether (sulfide) groups is 1. The molecule has 0 heterocycles. The van der Waals surface area contributed by atoms with Crippen LogP contribution in [0.2, 0.25) is 0 Å². The minimum atomic E-state index is 0.0480. The van der Waals surface area contributed by atoms with Crippen LogP contribution in [0.5, 0.6) is 0 Å². The molecule has 1 atom stereocenters. The summed E-state index contributed by atoms with van der Waals surface area (Å²) in [6.45, 7) is 4.71. The van der Waals surface area contributed by atoms with E-state index in [2.05, 4.69) is 22.5 Å². The normalized spacial score (nSPS) is 35.4. The molecular formula is C18H28N4OS. The first-order valence-corrected chi connectivity index (χ1v) is 10.1. The van der Waals surface area contributed by atoms with Gasteiger partial charge in [0.2, 0.25) is 5.91 Å². The Morgan fingerprint density at radius 3 is 2.38 bits per heavy atom. The Balaban J connectivity index is 1.53. The van der Waals surface area contributed by atoms with Crippen LogP contribution in [0.25, 0.3) is 0 Å². The number of amides is 1. The van der Waals surface area contributed by atoms with Crippen molar-refractivity contribution < 1.29 is 4.79 Å². The molecule has 4 bridgehead atoms. The minimum absolute atomic E-state index is 0.0480. The standard InChI is InChI=1S/C18H28N4OS/c1-3-20-17(21-11-19)24-10-16(23)22-12(2)18-7-13-4-14(8-18)6-15(5-13)9-18/h12-15H,3-10H2,1-2H3,(H,20,21)(H,22,23). The molecule has 132 valence electrons. The zero-order valence-electron chi connectivity index (χ0n) is 14.7. The molecule has 0 saturated heterocycles. The van der Waals surface area contributed by atoms with Crippen molar-refractivity contribution in [3.8, 4) is 6.19 Å². The van der Waals surface area contributed by atoms with Crippen molar-refractivity contribution in [1.29, 1.82) is 5.26 Å². The van der Waals surface area contributed by atoms with Crippen molar-refractivity contribution >= 4 is 22.8 Å². The molecule has 4 aliphatic carbocycles. The highest BCUT2D eigenvalue weighted by Crippen LogP contribution is 2.61. The van der Waals surface area contributed by atoms with Crippen LogP contribution in [0.1, 0.15) is 52.4 Å². The summed E-state index contributed by atoms with van der Waals surface area (Å²) in [7, 11) is 0. The number of aliphatic imine (C=N–C) groups is 1. The maximum atomic E-state index is 12.4. The van der Waals surface area contributed by atoms with Crippen LogP contribution in [0.3, 0.4) is 0 Å². The molecule has 4 aliphatic rings. The molecule has 4 saturated carbocycles. The smallest absolute Gasteiger partial charge is 0.230 e. The van der Waals surface area contributed by atoms with E-state index in [-0.39, 0.29) is 11.9 Å². The summed E-state index contributed by atoms with van der Waals surface area (Å²) >= 11 is 1.30. The molecule has 5 nitrogen and oxygen atoms in total. The lowest BCUT2D eigenvalue weighted by Gasteiger charge is -2.59. The number of nitrogens with one attached hydrogen (secondary N) is 2. The Kier molecular flexibility index (Phi) is 5.39. The van der Waals surface area contributed by atoms with Gasteiger partial charge in [0.15, 0.2) is 11.4 Å². The van der Waals surface area contributed by atoms with Gasteiger partial charge in [-0.1, -0.05) is 11.8 Å². The van der Waals surface area contributed by atoms with Crippen LogP contribution in [0.15, 0.2) is 4.99 Å². The fraction of sp³-hybridized carbons (Fsp3) is 0.833. The highest BCUT2D eigenvalue weighted by Gasteiger charge is 2.53. The van der Waals surface area contributed by atoms with Gasteiger partial charge in [0.25, 0.3) is 0 Å². The van der Waals surface area contributed by atoms with Crippen molar-refractivity contribution in [2.24, 2.45) is 28.2 Å². The number of rotatable bonds is 5. The monoisotopic (exact) mass is 348 g/mol. The van der Waals surface area contributed by atoms with E-state index in [0.717, 1.165) is 17.8 Å². The summed E-state index contributed by atoms with van der Waals surface area (Å²) in [6, 6.07) is 0.245. The summed E-state index contributed by atoms with van der Waals surface area (Å²) < 4.78 is 0. The summed E-state index contributed by atoms with van der Waals surface area (Å²) in [5.41, 5.74) is 0.334. The second-order valence-corrected chi connectivity index (χ2v) is 8.84. The molecule has 0 aromatic rings. The van der Waals surface area contributed by atoms with Gasteiger partial charge in [-0.05, 0) is 75.5 Å². The Hall–Kier alpha value is -1.22. The molecule has 1 amide bonds. The third kappa shape index (κ3) is 3.72. The molecule has 1 unspecified atom stereocenters. The van der Waals surface area contributed by atoms with E-state index in [0.29, 0.717) is 22.9 Å². The van der Waals surface area contributed by atoms with E-state index < -0.39 is 0 Å². The van der Waals surface area contributed by atoms with E-state index in [9.17, 15) is 4.79 Å². The number of hydrogen-bond donors (Lipinski definition) is 2. The van der Waals surface area contributed by atoms with Gasteiger partial charge in [-0.15, -0.1) is 0 Å². The second-order valence-electron chi connectivity index (χ2n) is 7.87. The summed E-state index contributed by atoms with van der Waals surface area (Å²) in [6.07, 6.45) is 10.0. The van der Waals surface area contributed by atoms with Gasteiger partial charge in [-0.3, -0.25) is 15.1 Å². The molecule has 4 rings (SSSR count). The van der Waals surface area contributed by atoms with Crippen LogP contribution >= 0.6 is 11.8 Å². The number of carbonyl (C=O) groups excluding carboxylic acids is 1. The summed E-state index contributed by atoms with van der Waals surface area (Å²) in [5.74, 6) is 3.05. The maximum Gasteiger partial charge on any atom is 0.230 e. The summed E-state index contributed by atoms with van der Waals surface area (Å²) in [5, 5.41) is 15.0. The molecule has 0 aromatic heterocycles. The van der Waals surface area contributed by atoms with Gasteiger partial charge in [0.1, 0.15) is 0 Å². The zero-order valence-corrected chi connectivity index (χ0v) is 15.5. The molecule has 0 aliphatic heterocycles. The van der Waals surface area contributed by atoms with Crippen LogP contribution < -0.4 is 10.6 Å². The van der Waals surface area contributed by atoms with Crippen molar-refractivity contribution in [2.45, 2.75) is 58.4 Å². The van der Waals surface area contributed by atoms with Crippen LogP contribution in [-0.4, -0.2) is 29.4 Å². The van der Waals surface area contributed by atoms with Crippen LogP contribution in [0, 0.1) is 34.6 Å². The molecule has 0 spiro atoms. The van der Waals surface area contributed by atoms with E-state index in [4.69, 9.17) is 5.26 Å². The maximum absolute atomic E-state index is 12.4. The molecule has 6 heteroatoms. The Morgan fingerprint density at radius 2 is 1.88 bits per heavy atom. The highest BCUT2D eigenvalue weighted by atomic mass is 32.2. The van der Waals surface area contributed by atoms with Crippen molar-refractivity contribution in [1.82, 2.24) is 10.6 Å². The lowest BCUT2D eigenvalue weighted by molar-refractivity contribution is -0.123. The first-order chi connectivity index (χ1) is 11.5. The quantitative estimate of drug-likeness (QED) is 0.347. The molecule has 4 fully saturated rings. The van der Waals surface area contributed by atoms with E-state index >= 15 is 0 Å². The largest absolute Gasteiger partial charge is 0.352 e. The number of nitriles is 1. The van der Waals surface area contributed by atoms with Crippen LogP contribution in [-0.2, 0) is 4.79 Å². The van der Waals surface area contributed by atoms with Crippen molar-refractivity contribution in [3.05, 3.63) is 0 Å². The molecular weight excluding hydrogens is 320 g/mol. The zero-order chi connectivity index (χ0) is 17.2. The van der Waals surface area contributed by atoms with Crippen molar-refractivity contribution in [3.63, 3.8) is 0 Å². The molecule has 0 aromatic carbocycles.